The molecule has 1 fully saturated rings. The number of likely N-dealkylation sites (tertiary alicyclic amines) is 1. The maximum Gasteiger partial charge on any atom is 0.317 e. The number of piperidine rings is 1. The fourth-order valence-electron chi connectivity index (χ4n) is 2.68. The van der Waals surface area contributed by atoms with Crippen molar-refractivity contribution < 1.29 is 9.90 Å². The molecule has 1 aromatic heterocycles. The number of nitrogens with one attached hydrogen (secondary N) is 1. The average Bonchev–Trinajstić information content (AvgIpc) is 3.04. The highest BCUT2D eigenvalue weighted by Crippen LogP contribution is 2.23. The number of aliphatic hydroxyl groups is 1. The van der Waals surface area contributed by atoms with E-state index in [0.717, 1.165) is 35.7 Å². The van der Waals surface area contributed by atoms with E-state index in [1.807, 2.05) is 35.7 Å². The molecule has 23 heavy (non-hydrogen) atoms. The molecule has 1 aromatic carbocycles. The van der Waals surface area contributed by atoms with Gasteiger partial charge >= 0.3 is 6.03 Å². The maximum absolute atomic E-state index is 12.0. The lowest BCUT2D eigenvalue weighted by molar-refractivity contribution is 0.0843. The van der Waals surface area contributed by atoms with Crippen LogP contribution in [0.4, 0.5) is 4.79 Å². The molecule has 0 saturated carbocycles. The predicted molar refractivity (Wildman–Crippen MR) is 91.5 cm³/mol. The van der Waals surface area contributed by atoms with E-state index in [4.69, 9.17) is 0 Å². The van der Waals surface area contributed by atoms with Gasteiger partial charge in [0.15, 0.2) is 0 Å². The van der Waals surface area contributed by atoms with Crippen LogP contribution in [0.5, 0.6) is 0 Å². The number of rotatable bonds is 4. The Labute approximate surface area is 140 Å². The molecular weight excluding hydrogens is 310 g/mol. The summed E-state index contributed by atoms with van der Waals surface area (Å²) in [6.07, 6.45) is 1.97. The molecule has 0 bridgehead atoms. The molecule has 2 heterocycles. The summed E-state index contributed by atoms with van der Waals surface area (Å²) in [4.78, 5) is 18.3. The van der Waals surface area contributed by atoms with E-state index in [1.165, 1.54) is 0 Å². The van der Waals surface area contributed by atoms with Gasteiger partial charge < -0.3 is 15.3 Å². The van der Waals surface area contributed by atoms with Gasteiger partial charge in [-0.15, -0.1) is 11.3 Å². The molecule has 0 aliphatic carbocycles. The van der Waals surface area contributed by atoms with Gasteiger partial charge in [-0.3, -0.25) is 0 Å². The number of aliphatic hydroxyl groups excluding tert-OH is 1. The number of hydrogen-bond acceptors (Lipinski definition) is 4. The highest BCUT2D eigenvalue weighted by molar-refractivity contribution is 7.13. The molecule has 3 rings (SSSR count). The molecule has 2 amide bonds. The van der Waals surface area contributed by atoms with E-state index in [9.17, 15) is 9.90 Å². The van der Waals surface area contributed by atoms with Crippen molar-refractivity contribution in [2.45, 2.75) is 25.4 Å². The Morgan fingerprint density at radius 3 is 3.00 bits per heavy atom. The molecule has 1 atom stereocenters. The molecule has 1 aliphatic rings. The minimum atomic E-state index is -0.388. The Hall–Kier alpha value is -1.92. The fourth-order valence-corrected chi connectivity index (χ4v) is 3.54. The van der Waals surface area contributed by atoms with E-state index in [2.05, 4.69) is 10.3 Å². The summed E-state index contributed by atoms with van der Waals surface area (Å²) in [7, 11) is 0. The SMILES string of the molecule is O=C(NCCc1csc(-c2ccccc2)n1)N1CCCC(O)C1. The first kappa shape index (κ1) is 16.0. The van der Waals surface area contributed by atoms with Crippen molar-refractivity contribution in [3.63, 3.8) is 0 Å². The third kappa shape index (κ3) is 4.30. The van der Waals surface area contributed by atoms with E-state index in [0.29, 0.717) is 19.5 Å². The van der Waals surface area contributed by atoms with Gasteiger partial charge in [-0.2, -0.15) is 0 Å². The Kier molecular flexibility index (Phi) is 5.25. The minimum Gasteiger partial charge on any atom is -0.391 e. The normalized spacial score (nSPS) is 18.0. The number of carbonyl (C=O) groups excluding carboxylic acids is 1. The second-order valence-corrected chi connectivity index (χ2v) is 6.59. The Morgan fingerprint density at radius 1 is 1.39 bits per heavy atom. The number of aromatic nitrogens is 1. The molecule has 1 unspecified atom stereocenters. The van der Waals surface area contributed by atoms with Gasteiger partial charge in [0, 0.05) is 37.0 Å². The van der Waals surface area contributed by atoms with Crippen molar-refractivity contribution in [2.75, 3.05) is 19.6 Å². The molecule has 1 saturated heterocycles. The number of nitrogens with zero attached hydrogens (tertiary/aromatic N) is 2. The van der Waals surface area contributed by atoms with Crippen LogP contribution in [0.25, 0.3) is 10.6 Å². The zero-order chi connectivity index (χ0) is 16.1. The number of hydrogen-bond donors (Lipinski definition) is 2. The molecule has 122 valence electrons. The van der Waals surface area contributed by atoms with E-state index >= 15 is 0 Å². The maximum atomic E-state index is 12.0. The average molecular weight is 331 g/mol. The van der Waals surface area contributed by atoms with Gasteiger partial charge in [0.05, 0.1) is 11.8 Å². The van der Waals surface area contributed by atoms with E-state index < -0.39 is 0 Å². The lowest BCUT2D eigenvalue weighted by Gasteiger charge is -2.30. The number of β-amino-alcohol motifs (C(OH)–C–C–N with tert-alkyl or cyclic N) is 1. The third-order valence-electron chi connectivity index (χ3n) is 3.91. The Bertz CT molecular complexity index is 644. The van der Waals surface area contributed by atoms with E-state index in [1.54, 1.807) is 16.2 Å². The topological polar surface area (TPSA) is 65.5 Å². The number of benzene rings is 1. The molecular formula is C17H21N3O2S. The molecule has 0 spiro atoms. The van der Waals surface area contributed by atoms with Gasteiger partial charge in [-0.1, -0.05) is 30.3 Å². The lowest BCUT2D eigenvalue weighted by atomic mass is 10.1. The number of amides is 2. The Balaban J connectivity index is 1.47. The summed E-state index contributed by atoms with van der Waals surface area (Å²) in [5, 5.41) is 15.6. The van der Waals surface area contributed by atoms with Crippen molar-refractivity contribution in [1.29, 1.82) is 0 Å². The molecule has 2 aromatic rings. The molecule has 0 radical (unpaired) electrons. The number of carbonyl (C=O) groups is 1. The van der Waals surface area contributed by atoms with Crippen LogP contribution in [-0.4, -0.2) is 46.8 Å². The molecule has 5 nitrogen and oxygen atoms in total. The summed E-state index contributed by atoms with van der Waals surface area (Å²) in [6.45, 7) is 1.71. The van der Waals surface area contributed by atoms with Gasteiger partial charge in [0.2, 0.25) is 0 Å². The minimum absolute atomic E-state index is 0.0951. The van der Waals surface area contributed by atoms with E-state index in [-0.39, 0.29) is 12.1 Å². The zero-order valence-electron chi connectivity index (χ0n) is 12.9. The van der Waals surface area contributed by atoms with Crippen molar-refractivity contribution in [2.24, 2.45) is 0 Å². The van der Waals surface area contributed by atoms with Crippen LogP contribution in [0.2, 0.25) is 0 Å². The van der Waals surface area contributed by atoms with Crippen molar-refractivity contribution in [3.05, 3.63) is 41.4 Å². The second kappa shape index (κ2) is 7.57. The van der Waals surface area contributed by atoms with Crippen LogP contribution in [0.1, 0.15) is 18.5 Å². The third-order valence-corrected chi connectivity index (χ3v) is 4.85. The van der Waals surface area contributed by atoms with Gasteiger partial charge in [0.25, 0.3) is 0 Å². The van der Waals surface area contributed by atoms with Crippen LogP contribution >= 0.6 is 11.3 Å². The smallest absolute Gasteiger partial charge is 0.317 e. The molecule has 6 heteroatoms. The summed E-state index contributed by atoms with van der Waals surface area (Å²) >= 11 is 1.62. The molecule has 2 N–H and O–H groups in total. The number of thiazole rings is 1. The van der Waals surface area contributed by atoms with Crippen molar-refractivity contribution in [1.82, 2.24) is 15.2 Å². The van der Waals surface area contributed by atoms with Crippen LogP contribution < -0.4 is 5.32 Å². The summed E-state index contributed by atoms with van der Waals surface area (Å²) in [6, 6.07) is 10.00. The van der Waals surface area contributed by atoms with Crippen LogP contribution in [0.3, 0.4) is 0 Å². The fraction of sp³-hybridized carbons (Fsp3) is 0.412. The van der Waals surface area contributed by atoms with Gasteiger partial charge in [-0.05, 0) is 12.8 Å². The predicted octanol–water partition coefficient (Wildman–Crippen LogP) is 2.52. The first-order valence-corrected chi connectivity index (χ1v) is 8.81. The standard InChI is InChI=1S/C17H21N3O2S/c21-15-7-4-10-20(11-15)17(22)18-9-8-14-12-23-16(19-14)13-5-2-1-3-6-13/h1-3,5-6,12,15,21H,4,7-11H2,(H,18,22). The summed E-state index contributed by atoms with van der Waals surface area (Å²) in [5.74, 6) is 0. The highest BCUT2D eigenvalue weighted by Gasteiger charge is 2.21. The lowest BCUT2D eigenvalue weighted by Crippen LogP contribution is -2.47. The monoisotopic (exact) mass is 331 g/mol. The quantitative estimate of drug-likeness (QED) is 0.905. The second-order valence-electron chi connectivity index (χ2n) is 5.73. The van der Waals surface area contributed by atoms with Crippen molar-refractivity contribution >= 4 is 17.4 Å². The largest absolute Gasteiger partial charge is 0.391 e. The Morgan fingerprint density at radius 2 is 2.22 bits per heavy atom. The summed E-state index contributed by atoms with van der Waals surface area (Å²) < 4.78 is 0. The first-order valence-electron chi connectivity index (χ1n) is 7.93. The first-order chi connectivity index (χ1) is 11.2. The summed E-state index contributed by atoms with van der Waals surface area (Å²) in [5.41, 5.74) is 2.11. The van der Waals surface area contributed by atoms with Crippen LogP contribution in [-0.2, 0) is 6.42 Å². The zero-order valence-corrected chi connectivity index (χ0v) is 13.8. The van der Waals surface area contributed by atoms with Crippen LogP contribution in [0.15, 0.2) is 35.7 Å². The highest BCUT2D eigenvalue weighted by atomic mass is 32.1. The van der Waals surface area contributed by atoms with Crippen LogP contribution in [0, 0.1) is 0 Å². The molecule has 1 aliphatic heterocycles. The number of urea groups is 1. The van der Waals surface area contributed by atoms with Gasteiger partial charge in [0.1, 0.15) is 5.01 Å². The van der Waals surface area contributed by atoms with Gasteiger partial charge in [-0.25, -0.2) is 9.78 Å². The van der Waals surface area contributed by atoms with Crippen molar-refractivity contribution in [3.8, 4) is 10.6 Å².